The minimum Gasteiger partial charge on any atom is -0.385 e. The van der Waals surface area contributed by atoms with Crippen LogP contribution in [0.1, 0.15) is 20.3 Å². The van der Waals surface area contributed by atoms with Crippen molar-refractivity contribution in [1.82, 2.24) is 5.32 Å². The summed E-state index contributed by atoms with van der Waals surface area (Å²) in [5.74, 6) is 0.0390. The van der Waals surface area contributed by atoms with E-state index in [4.69, 9.17) is 0 Å². The third kappa shape index (κ3) is 5.34. The van der Waals surface area contributed by atoms with Crippen molar-refractivity contribution >= 4 is 17.3 Å². The van der Waals surface area contributed by atoms with Crippen LogP contribution in [0.4, 0.5) is 11.4 Å². The van der Waals surface area contributed by atoms with E-state index in [0.717, 1.165) is 18.8 Å². The number of nitrogens with zero attached hydrogens (tertiary/aromatic N) is 1. The SMILES string of the molecule is C=CCNC(=O)CCNc1ccc(N(CC)CC)cc1. The van der Waals surface area contributed by atoms with E-state index in [0.29, 0.717) is 19.5 Å². The van der Waals surface area contributed by atoms with Crippen LogP contribution in [0.5, 0.6) is 0 Å². The molecule has 0 heterocycles. The monoisotopic (exact) mass is 275 g/mol. The van der Waals surface area contributed by atoms with Gasteiger partial charge < -0.3 is 15.5 Å². The van der Waals surface area contributed by atoms with Crippen LogP contribution in [-0.2, 0) is 4.79 Å². The van der Waals surface area contributed by atoms with Crippen molar-refractivity contribution in [2.75, 3.05) is 36.4 Å². The zero-order chi connectivity index (χ0) is 14.8. The van der Waals surface area contributed by atoms with Crippen molar-refractivity contribution in [3.05, 3.63) is 36.9 Å². The number of benzene rings is 1. The molecule has 0 aliphatic rings. The van der Waals surface area contributed by atoms with Gasteiger partial charge in [-0.3, -0.25) is 4.79 Å². The number of rotatable bonds is 9. The minimum absolute atomic E-state index is 0.0390. The van der Waals surface area contributed by atoms with Crippen LogP contribution in [0.25, 0.3) is 0 Å². The van der Waals surface area contributed by atoms with Crippen LogP contribution < -0.4 is 15.5 Å². The second kappa shape index (κ2) is 9.02. The first-order chi connectivity index (χ1) is 9.71. The van der Waals surface area contributed by atoms with E-state index in [2.05, 4.69) is 60.2 Å². The molecule has 0 spiro atoms. The normalized spacial score (nSPS) is 9.90. The average Bonchev–Trinajstić information content (AvgIpc) is 2.48. The fraction of sp³-hybridized carbons (Fsp3) is 0.438. The Kier molecular flexibility index (Phi) is 7.25. The Morgan fingerprint density at radius 2 is 1.90 bits per heavy atom. The van der Waals surface area contributed by atoms with E-state index in [1.54, 1.807) is 6.08 Å². The molecule has 20 heavy (non-hydrogen) atoms. The maximum atomic E-state index is 11.4. The molecule has 0 aliphatic carbocycles. The second-order valence-electron chi connectivity index (χ2n) is 4.49. The first-order valence-corrected chi connectivity index (χ1v) is 7.17. The minimum atomic E-state index is 0.0390. The number of anilines is 2. The van der Waals surface area contributed by atoms with Crippen molar-refractivity contribution in [2.24, 2.45) is 0 Å². The Morgan fingerprint density at radius 3 is 2.45 bits per heavy atom. The molecular weight excluding hydrogens is 250 g/mol. The zero-order valence-corrected chi connectivity index (χ0v) is 12.5. The van der Waals surface area contributed by atoms with E-state index in [9.17, 15) is 4.79 Å². The maximum absolute atomic E-state index is 11.4. The quantitative estimate of drug-likeness (QED) is 0.681. The number of hydrogen-bond donors (Lipinski definition) is 2. The predicted molar refractivity (Wildman–Crippen MR) is 86.3 cm³/mol. The first-order valence-electron chi connectivity index (χ1n) is 7.17. The zero-order valence-electron chi connectivity index (χ0n) is 12.5. The van der Waals surface area contributed by atoms with Gasteiger partial charge in [0.05, 0.1) is 0 Å². The van der Waals surface area contributed by atoms with Gasteiger partial charge in [-0.15, -0.1) is 6.58 Å². The van der Waals surface area contributed by atoms with Gasteiger partial charge in [-0.05, 0) is 38.1 Å². The Hall–Kier alpha value is -1.97. The van der Waals surface area contributed by atoms with Gasteiger partial charge in [0.2, 0.25) is 5.91 Å². The fourth-order valence-electron chi connectivity index (χ4n) is 1.97. The van der Waals surface area contributed by atoms with E-state index in [-0.39, 0.29) is 5.91 Å². The van der Waals surface area contributed by atoms with Gasteiger partial charge in [0, 0.05) is 44.0 Å². The molecule has 0 aliphatic heterocycles. The van der Waals surface area contributed by atoms with Crippen molar-refractivity contribution in [3.8, 4) is 0 Å². The highest BCUT2D eigenvalue weighted by molar-refractivity contribution is 5.76. The smallest absolute Gasteiger partial charge is 0.222 e. The molecule has 0 unspecified atom stereocenters. The molecule has 2 N–H and O–H groups in total. The number of hydrogen-bond acceptors (Lipinski definition) is 3. The van der Waals surface area contributed by atoms with E-state index in [1.807, 2.05) is 0 Å². The summed E-state index contributed by atoms with van der Waals surface area (Å²) >= 11 is 0. The predicted octanol–water partition coefficient (Wildman–Crippen LogP) is 2.64. The topological polar surface area (TPSA) is 44.4 Å². The number of amides is 1. The molecule has 0 fully saturated rings. The molecule has 0 saturated carbocycles. The summed E-state index contributed by atoms with van der Waals surface area (Å²) in [4.78, 5) is 13.7. The van der Waals surface area contributed by atoms with Crippen LogP contribution in [0.2, 0.25) is 0 Å². The summed E-state index contributed by atoms with van der Waals surface area (Å²) in [6, 6.07) is 8.31. The van der Waals surface area contributed by atoms with Crippen molar-refractivity contribution in [3.63, 3.8) is 0 Å². The van der Waals surface area contributed by atoms with E-state index < -0.39 is 0 Å². The molecular formula is C16H25N3O. The lowest BCUT2D eigenvalue weighted by Crippen LogP contribution is -2.25. The maximum Gasteiger partial charge on any atom is 0.222 e. The Labute approximate surface area is 121 Å². The van der Waals surface area contributed by atoms with Gasteiger partial charge in [0.15, 0.2) is 0 Å². The van der Waals surface area contributed by atoms with E-state index in [1.165, 1.54) is 5.69 Å². The molecule has 1 aromatic rings. The lowest BCUT2D eigenvalue weighted by molar-refractivity contribution is -0.120. The summed E-state index contributed by atoms with van der Waals surface area (Å²) in [6.07, 6.45) is 2.14. The van der Waals surface area contributed by atoms with Crippen LogP contribution in [0.15, 0.2) is 36.9 Å². The molecule has 1 amide bonds. The van der Waals surface area contributed by atoms with Gasteiger partial charge in [0.25, 0.3) is 0 Å². The van der Waals surface area contributed by atoms with Crippen LogP contribution in [-0.4, -0.2) is 32.1 Å². The van der Waals surface area contributed by atoms with Gasteiger partial charge in [-0.25, -0.2) is 0 Å². The average molecular weight is 275 g/mol. The van der Waals surface area contributed by atoms with E-state index >= 15 is 0 Å². The van der Waals surface area contributed by atoms with Gasteiger partial charge in [-0.1, -0.05) is 6.08 Å². The number of carbonyl (C=O) groups is 1. The summed E-state index contributed by atoms with van der Waals surface area (Å²) in [6.45, 7) is 11.0. The molecule has 0 bridgehead atoms. The highest BCUT2D eigenvalue weighted by Gasteiger charge is 2.02. The molecule has 0 atom stereocenters. The van der Waals surface area contributed by atoms with Crippen molar-refractivity contribution in [1.29, 1.82) is 0 Å². The summed E-state index contributed by atoms with van der Waals surface area (Å²) in [5.41, 5.74) is 2.27. The summed E-state index contributed by atoms with van der Waals surface area (Å²) in [5, 5.41) is 6.00. The molecule has 110 valence electrons. The molecule has 0 radical (unpaired) electrons. The Bertz CT molecular complexity index is 410. The summed E-state index contributed by atoms with van der Waals surface area (Å²) in [7, 11) is 0. The molecule has 0 aromatic heterocycles. The van der Waals surface area contributed by atoms with Gasteiger partial charge >= 0.3 is 0 Å². The first kappa shape index (κ1) is 16.1. The van der Waals surface area contributed by atoms with Crippen molar-refractivity contribution in [2.45, 2.75) is 20.3 Å². The molecule has 1 rings (SSSR count). The molecule has 0 saturated heterocycles. The summed E-state index contributed by atoms with van der Waals surface area (Å²) < 4.78 is 0. The van der Waals surface area contributed by atoms with Crippen molar-refractivity contribution < 1.29 is 4.79 Å². The molecule has 1 aromatic carbocycles. The lowest BCUT2D eigenvalue weighted by atomic mass is 10.2. The van der Waals surface area contributed by atoms with Gasteiger partial charge in [0.1, 0.15) is 0 Å². The van der Waals surface area contributed by atoms with Crippen LogP contribution in [0, 0.1) is 0 Å². The number of nitrogens with one attached hydrogen (secondary N) is 2. The van der Waals surface area contributed by atoms with Crippen LogP contribution in [0.3, 0.4) is 0 Å². The highest BCUT2D eigenvalue weighted by atomic mass is 16.1. The highest BCUT2D eigenvalue weighted by Crippen LogP contribution is 2.17. The third-order valence-corrected chi connectivity index (χ3v) is 3.12. The largest absolute Gasteiger partial charge is 0.385 e. The Balaban J connectivity index is 2.38. The van der Waals surface area contributed by atoms with Crippen LogP contribution >= 0.6 is 0 Å². The third-order valence-electron chi connectivity index (χ3n) is 3.12. The molecule has 4 heteroatoms. The Morgan fingerprint density at radius 1 is 1.25 bits per heavy atom. The lowest BCUT2D eigenvalue weighted by Gasteiger charge is -2.21. The van der Waals surface area contributed by atoms with Gasteiger partial charge in [-0.2, -0.15) is 0 Å². The second-order valence-corrected chi connectivity index (χ2v) is 4.49. The number of carbonyl (C=O) groups excluding carboxylic acids is 1. The fourth-order valence-corrected chi connectivity index (χ4v) is 1.97. The molecule has 4 nitrogen and oxygen atoms in total. The standard InChI is InChI=1S/C16H25N3O/c1-4-12-18-16(20)11-13-17-14-7-9-15(10-8-14)19(5-2)6-3/h4,7-10,17H,1,5-6,11-13H2,2-3H3,(H,18,20).